The molecule has 2 heterocycles. The molecule has 3 rings (SSSR count). The molecule has 2 aliphatic rings. The molecule has 6 heteroatoms. The van der Waals surface area contributed by atoms with Gasteiger partial charge in [-0.2, -0.15) is 11.8 Å². The maximum atomic E-state index is 12.2. The summed E-state index contributed by atoms with van der Waals surface area (Å²) in [5, 5.41) is 2.82. The molecule has 1 atom stereocenters. The second-order valence-corrected chi connectivity index (χ2v) is 7.05. The van der Waals surface area contributed by atoms with Gasteiger partial charge in [0.2, 0.25) is 0 Å². The number of urea groups is 1. The molecule has 1 N–H and O–H groups in total. The summed E-state index contributed by atoms with van der Waals surface area (Å²) in [6.07, 6.45) is 2.11. The van der Waals surface area contributed by atoms with Crippen molar-refractivity contribution in [2.24, 2.45) is 0 Å². The molecule has 0 radical (unpaired) electrons. The van der Waals surface area contributed by atoms with Gasteiger partial charge in [0.1, 0.15) is 6.10 Å². The first-order chi connectivity index (χ1) is 11.2. The van der Waals surface area contributed by atoms with Gasteiger partial charge in [0, 0.05) is 25.4 Å². The van der Waals surface area contributed by atoms with E-state index in [0.29, 0.717) is 19.6 Å². The summed E-state index contributed by atoms with van der Waals surface area (Å²) >= 11 is 1.81. The smallest absolute Gasteiger partial charge is 0.317 e. The largest absolute Gasteiger partial charge is 0.461 e. The monoisotopic (exact) mass is 334 g/mol. The van der Waals surface area contributed by atoms with Crippen LogP contribution in [0.25, 0.3) is 0 Å². The van der Waals surface area contributed by atoms with Crippen LogP contribution in [-0.2, 0) is 22.5 Å². The van der Waals surface area contributed by atoms with Crippen molar-refractivity contribution in [3.63, 3.8) is 0 Å². The molecule has 0 spiro atoms. The molecule has 124 valence electrons. The first-order valence-electron chi connectivity index (χ1n) is 8.09. The van der Waals surface area contributed by atoms with Gasteiger partial charge in [-0.15, -0.1) is 0 Å². The van der Waals surface area contributed by atoms with Crippen LogP contribution in [0.1, 0.15) is 24.0 Å². The molecule has 2 amide bonds. The van der Waals surface area contributed by atoms with Crippen molar-refractivity contribution in [2.75, 3.05) is 24.6 Å². The van der Waals surface area contributed by atoms with Crippen LogP contribution in [0.5, 0.6) is 0 Å². The third-order valence-electron chi connectivity index (χ3n) is 4.21. The van der Waals surface area contributed by atoms with E-state index < -0.39 is 0 Å². The van der Waals surface area contributed by atoms with Crippen LogP contribution in [-0.4, -0.2) is 47.6 Å². The van der Waals surface area contributed by atoms with Crippen LogP contribution in [0.15, 0.2) is 24.3 Å². The van der Waals surface area contributed by atoms with Gasteiger partial charge in [0.05, 0.1) is 6.42 Å². The van der Waals surface area contributed by atoms with E-state index in [-0.39, 0.29) is 24.5 Å². The number of carbonyl (C=O) groups is 2. The zero-order valence-electron chi connectivity index (χ0n) is 13.1. The maximum absolute atomic E-state index is 12.2. The highest BCUT2D eigenvalue weighted by Gasteiger charge is 2.21. The number of nitrogens with one attached hydrogen (secondary N) is 1. The Balaban J connectivity index is 1.39. The van der Waals surface area contributed by atoms with E-state index in [1.807, 2.05) is 23.9 Å². The Kier molecular flexibility index (Phi) is 5.43. The lowest BCUT2D eigenvalue weighted by Gasteiger charge is -2.28. The third-order valence-corrected chi connectivity index (χ3v) is 5.34. The molecule has 0 bridgehead atoms. The minimum Gasteiger partial charge on any atom is -0.461 e. The van der Waals surface area contributed by atoms with Gasteiger partial charge < -0.3 is 15.0 Å². The van der Waals surface area contributed by atoms with Gasteiger partial charge in [0.15, 0.2) is 0 Å². The second kappa shape index (κ2) is 7.73. The molecule has 1 fully saturated rings. The number of thioether (sulfide) groups is 1. The summed E-state index contributed by atoms with van der Waals surface area (Å²) in [7, 11) is 0. The van der Waals surface area contributed by atoms with Crippen molar-refractivity contribution in [3.05, 3.63) is 35.4 Å². The highest BCUT2D eigenvalue weighted by molar-refractivity contribution is 7.99. The van der Waals surface area contributed by atoms with Gasteiger partial charge in [-0.3, -0.25) is 4.79 Å². The summed E-state index contributed by atoms with van der Waals surface area (Å²) in [5.74, 6) is 1.73. The first-order valence-corrected chi connectivity index (χ1v) is 9.24. The molecular formula is C17H22N2O3S. The van der Waals surface area contributed by atoms with Crippen molar-refractivity contribution in [1.29, 1.82) is 0 Å². The highest BCUT2D eigenvalue weighted by Crippen LogP contribution is 2.20. The van der Waals surface area contributed by atoms with Crippen LogP contribution >= 0.6 is 11.8 Å². The maximum Gasteiger partial charge on any atom is 0.317 e. The van der Waals surface area contributed by atoms with E-state index in [1.54, 1.807) is 4.90 Å². The normalized spacial score (nSPS) is 20.0. The van der Waals surface area contributed by atoms with E-state index in [0.717, 1.165) is 24.3 Å². The molecule has 23 heavy (non-hydrogen) atoms. The van der Waals surface area contributed by atoms with Crippen LogP contribution in [0.3, 0.4) is 0 Å². The fourth-order valence-electron chi connectivity index (χ4n) is 2.90. The number of esters is 1. The van der Waals surface area contributed by atoms with E-state index >= 15 is 0 Å². The van der Waals surface area contributed by atoms with Gasteiger partial charge in [-0.25, -0.2) is 4.79 Å². The van der Waals surface area contributed by atoms with Gasteiger partial charge in [0.25, 0.3) is 0 Å². The van der Waals surface area contributed by atoms with Crippen molar-refractivity contribution in [1.82, 2.24) is 10.2 Å². The average Bonchev–Trinajstić information content (AvgIpc) is 3.07. The second-order valence-electron chi connectivity index (χ2n) is 5.90. The Morgan fingerprint density at radius 1 is 1.30 bits per heavy atom. The van der Waals surface area contributed by atoms with E-state index in [2.05, 4.69) is 17.4 Å². The molecule has 5 nitrogen and oxygen atoms in total. The number of hydrogen-bond donors (Lipinski definition) is 1. The van der Waals surface area contributed by atoms with Crippen LogP contribution in [0.2, 0.25) is 0 Å². The zero-order chi connectivity index (χ0) is 16.1. The number of ether oxygens (including phenoxy) is 1. The standard InChI is InChI=1S/C17H22N2O3S/c20-16(22-15-7-10-23-12-15)5-8-18-17(21)19-9-6-13-3-1-2-4-14(13)11-19/h1-4,15H,5-12H2,(H,18,21)/t15-/m1/s1. The summed E-state index contributed by atoms with van der Waals surface area (Å²) < 4.78 is 5.36. The summed E-state index contributed by atoms with van der Waals surface area (Å²) in [6, 6.07) is 8.09. The lowest BCUT2D eigenvalue weighted by molar-refractivity contribution is -0.147. The number of rotatable bonds is 4. The molecule has 1 aromatic rings. The zero-order valence-corrected chi connectivity index (χ0v) is 13.9. The van der Waals surface area contributed by atoms with Crippen LogP contribution < -0.4 is 5.32 Å². The van der Waals surface area contributed by atoms with E-state index in [1.165, 1.54) is 11.1 Å². The van der Waals surface area contributed by atoms with E-state index in [4.69, 9.17) is 4.74 Å². The molecule has 0 saturated carbocycles. The Morgan fingerprint density at radius 3 is 2.91 bits per heavy atom. The summed E-state index contributed by atoms with van der Waals surface area (Å²) in [5.41, 5.74) is 2.52. The molecule has 0 unspecified atom stereocenters. The Bertz CT molecular complexity index is 573. The number of nitrogens with zero attached hydrogens (tertiary/aromatic N) is 1. The minimum atomic E-state index is -0.221. The fraction of sp³-hybridized carbons (Fsp3) is 0.529. The van der Waals surface area contributed by atoms with Crippen LogP contribution in [0.4, 0.5) is 4.79 Å². The van der Waals surface area contributed by atoms with Crippen molar-refractivity contribution in [2.45, 2.75) is 31.9 Å². The Morgan fingerprint density at radius 2 is 2.13 bits per heavy atom. The number of carbonyl (C=O) groups excluding carboxylic acids is 2. The van der Waals surface area contributed by atoms with Crippen molar-refractivity contribution in [3.8, 4) is 0 Å². The quantitative estimate of drug-likeness (QED) is 0.858. The number of amides is 2. The average molecular weight is 334 g/mol. The number of benzene rings is 1. The SMILES string of the molecule is O=C(CCNC(=O)N1CCc2ccccc2C1)O[C@@H]1CCSC1. The van der Waals surface area contributed by atoms with Gasteiger partial charge in [-0.1, -0.05) is 24.3 Å². The van der Waals surface area contributed by atoms with Crippen molar-refractivity contribution >= 4 is 23.8 Å². The highest BCUT2D eigenvalue weighted by atomic mass is 32.2. The summed E-state index contributed by atoms with van der Waals surface area (Å²) in [6.45, 7) is 1.67. The lowest BCUT2D eigenvalue weighted by atomic mass is 10.0. The van der Waals surface area contributed by atoms with E-state index in [9.17, 15) is 9.59 Å². The Labute approximate surface area is 140 Å². The lowest BCUT2D eigenvalue weighted by Crippen LogP contribution is -2.43. The summed E-state index contributed by atoms with van der Waals surface area (Å²) in [4.78, 5) is 25.7. The predicted octanol–water partition coefficient (Wildman–Crippen LogP) is 2.19. The number of fused-ring (bicyclic) bond motifs is 1. The topological polar surface area (TPSA) is 58.6 Å². The molecule has 0 aromatic heterocycles. The molecular weight excluding hydrogens is 312 g/mol. The van der Waals surface area contributed by atoms with Crippen molar-refractivity contribution < 1.29 is 14.3 Å². The molecule has 2 aliphatic heterocycles. The number of hydrogen-bond acceptors (Lipinski definition) is 4. The fourth-order valence-corrected chi connectivity index (χ4v) is 4.00. The molecule has 0 aliphatic carbocycles. The predicted molar refractivity (Wildman–Crippen MR) is 90.4 cm³/mol. The van der Waals surface area contributed by atoms with Gasteiger partial charge in [-0.05, 0) is 29.7 Å². The first kappa shape index (κ1) is 16.2. The minimum absolute atomic E-state index is 0.0572. The molecule has 1 aromatic carbocycles. The third kappa shape index (κ3) is 4.41. The Hall–Kier alpha value is -1.69. The van der Waals surface area contributed by atoms with Gasteiger partial charge >= 0.3 is 12.0 Å². The molecule has 1 saturated heterocycles. The van der Waals surface area contributed by atoms with Crippen LogP contribution in [0, 0.1) is 0 Å².